The summed E-state index contributed by atoms with van der Waals surface area (Å²) in [6.45, 7) is 0.835. The van der Waals surface area contributed by atoms with Gasteiger partial charge in [-0.3, -0.25) is 14.5 Å². The molecule has 0 unspecified atom stereocenters. The molecule has 1 aliphatic heterocycles. The highest BCUT2D eigenvalue weighted by Crippen LogP contribution is 2.23. The number of hydrogen-bond donors (Lipinski definition) is 2. The first-order valence-electron chi connectivity index (χ1n) is 8.70. The van der Waals surface area contributed by atoms with Gasteiger partial charge in [-0.2, -0.15) is 0 Å². The molecule has 0 radical (unpaired) electrons. The number of nitrogens with zero attached hydrogens (tertiary/aromatic N) is 1. The molecule has 0 bridgehead atoms. The third kappa shape index (κ3) is 4.44. The summed E-state index contributed by atoms with van der Waals surface area (Å²) in [6.07, 6.45) is 1.40. The van der Waals surface area contributed by atoms with E-state index >= 15 is 0 Å². The fraction of sp³-hybridized carbons (Fsp3) is 0.250. The van der Waals surface area contributed by atoms with Crippen LogP contribution >= 0.6 is 0 Å². The topological polar surface area (TPSA) is 95.9 Å². The zero-order valence-corrected chi connectivity index (χ0v) is 14.7. The van der Waals surface area contributed by atoms with Gasteiger partial charge in [-0.1, -0.05) is 12.1 Å². The highest BCUT2D eigenvalue weighted by atomic mass is 16.5. The van der Waals surface area contributed by atoms with E-state index in [2.05, 4.69) is 5.32 Å². The van der Waals surface area contributed by atoms with Crippen molar-refractivity contribution in [3.05, 3.63) is 59.7 Å². The van der Waals surface area contributed by atoms with Gasteiger partial charge in [-0.15, -0.1) is 0 Å². The van der Waals surface area contributed by atoms with Crippen LogP contribution in [0.25, 0.3) is 0 Å². The number of carbonyl (C=O) groups excluding carboxylic acids is 2. The molecule has 0 fully saturated rings. The van der Waals surface area contributed by atoms with Crippen LogP contribution in [0.1, 0.15) is 33.6 Å². The molecule has 7 nitrogen and oxygen atoms in total. The number of nitrogens with one attached hydrogen (secondary N) is 1. The molecule has 0 saturated carbocycles. The summed E-state index contributed by atoms with van der Waals surface area (Å²) < 4.78 is 5.41. The largest absolute Gasteiger partial charge is 0.483 e. The molecular formula is C20H20N2O5. The van der Waals surface area contributed by atoms with Gasteiger partial charge in [-0.05, 0) is 49.2 Å². The van der Waals surface area contributed by atoms with Gasteiger partial charge < -0.3 is 15.2 Å². The van der Waals surface area contributed by atoms with E-state index in [1.165, 1.54) is 17.0 Å². The quantitative estimate of drug-likeness (QED) is 0.576. The first-order chi connectivity index (χ1) is 13.1. The van der Waals surface area contributed by atoms with E-state index in [4.69, 9.17) is 9.84 Å². The molecular weight excluding hydrogens is 348 g/mol. The fourth-order valence-electron chi connectivity index (χ4n) is 2.83. The molecule has 2 N–H and O–H groups in total. The summed E-state index contributed by atoms with van der Waals surface area (Å²) in [7, 11) is 0. The van der Waals surface area contributed by atoms with E-state index in [9.17, 15) is 14.4 Å². The first-order valence-corrected chi connectivity index (χ1v) is 8.70. The second kappa shape index (κ2) is 8.35. The number of hydrogen-bond acceptors (Lipinski definition) is 5. The summed E-state index contributed by atoms with van der Waals surface area (Å²) in [5, 5.41) is 12.1. The molecule has 27 heavy (non-hydrogen) atoms. The second-order valence-corrected chi connectivity index (χ2v) is 6.15. The van der Waals surface area contributed by atoms with Crippen LogP contribution in [0.5, 0.6) is 5.75 Å². The molecule has 0 spiro atoms. The van der Waals surface area contributed by atoms with Gasteiger partial charge in [0, 0.05) is 18.8 Å². The SMILES string of the molecule is O=C(O)c1ccc(NCCCCN2C(=O)COc3ccccc3C2=O)cc1. The predicted molar refractivity (Wildman–Crippen MR) is 99.1 cm³/mol. The Labute approximate surface area is 156 Å². The van der Waals surface area contributed by atoms with Crippen molar-refractivity contribution < 1.29 is 24.2 Å². The third-order valence-electron chi connectivity index (χ3n) is 4.28. The van der Waals surface area contributed by atoms with Crippen LogP contribution < -0.4 is 10.1 Å². The van der Waals surface area contributed by atoms with Gasteiger partial charge >= 0.3 is 5.97 Å². The van der Waals surface area contributed by atoms with Crippen LogP contribution in [0, 0.1) is 0 Å². The number of ether oxygens (including phenoxy) is 1. The van der Waals surface area contributed by atoms with Gasteiger partial charge in [0.1, 0.15) is 5.75 Å². The van der Waals surface area contributed by atoms with Gasteiger partial charge in [0.25, 0.3) is 11.8 Å². The van der Waals surface area contributed by atoms with Gasteiger partial charge in [0.15, 0.2) is 6.61 Å². The summed E-state index contributed by atoms with van der Waals surface area (Å²) in [6, 6.07) is 13.3. The van der Waals surface area contributed by atoms with E-state index < -0.39 is 5.97 Å². The first kappa shape index (κ1) is 18.4. The third-order valence-corrected chi connectivity index (χ3v) is 4.28. The Morgan fingerprint density at radius 3 is 2.56 bits per heavy atom. The maximum Gasteiger partial charge on any atom is 0.335 e. The lowest BCUT2D eigenvalue weighted by atomic mass is 10.1. The minimum atomic E-state index is -0.959. The zero-order chi connectivity index (χ0) is 19.2. The minimum absolute atomic E-state index is 0.142. The van der Waals surface area contributed by atoms with Crippen molar-refractivity contribution in [1.29, 1.82) is 0 Å². The van der Waals surface area contributed by atoms with Crippen LogP contribution in [0.15, 0.2) is 48.5 Å². The molecule has 1 heterocycles. The summed E-state index contributed by atoms with van der Waals surface area (Å²) in [5.74, 6) is -1.19. The number of carboxylic acid groups (broad SMARTS) is 1. The maximum absolute atomic E-state index is 12.6. The average Bonchev–Trinajstić information content (AvgIpc) is 2.80. The Morgan fingerprint density at radius 1 is 1.07 bits per heavy atom. The number of imide groups is 1. The molecule has 3 rings (SSSR count). The van der Waals surface area contributed by atoms with Crippen LogP contribution in [-0.2, 0) is 4.79 Å². The van der Waals surface area contributed by atoms with E-state index in [1.54, 1.807) is 36.4 Å². The van der Waals surface area contributed by atoms with Gasteiger partial charge in [0.05, 0.1) is 11.1 Å². The monoisotopic (exact) mass is 368 g/mol. The molecule has 7 heteroatoms. The molecule has 2 amide bonds. The normalized spacial score (nSPS) is 13.6. The summed E-state index contributed by atoms with van der Waals surface area (Å²) in [4.78, 5) is 36.8. The maximum atomic E-state index is 12.6. The number of amides is 2. The predicted octanol–water partition coefficient (Wildman–Crippen LogP) is 2.64. The lowest BCUT2D eigenvalue weighted by Crippen LogP contribution is -2.38. The van der Waals surface area contributed by atoms with Crippen molar-refractivity contribution in [3.8, 4) is 5.75 Å². The Balaban J connectivity index is 1.49. The standard InChI is InChI=1S/C20H20N2O5/c23-18-13-27-17-6-2-1-5-16(17)19(24)22(18)12-4-3-11-21-15-9-7-14(8-10-15)20(25)26/h1-2,5-10,21H,3-4,11-13H2,(H,25,26). The molecule has 0 aromatic heterocycles. The number of carboxylic acids is 1. The van der Waals surface area contributed by atoms with Crippen molar-refractivity contribution in [3.63, 3.8) is 0 Å². The molecule has 0 atom stereocenters. The molecule has 1 aliphatic rings. The minimum Gasteiger partial charge on any atom is -0.483 e. The number of benzene rings is 2. The fourth-order valence-corrected chi connectivity index (χ4v) is 2.83. The Kier molecular flexibility index (Phi) is 5.71. The van der Waals surface area contributed by atoms with Gasteiger partial charge in [0.2, 0.25) is 0 Å². The lowest BCUT2D eigenvalue weighted by Gasteiger charge is -2.18. The molecule has 140 valence electrons. The Bertz CT molecular complexity index is 848. The van der Waals surface area contributed by atoms with Crippen LogP contribution in [0.4, 0.5) is 5.69 Å². The summed E-state index contributed by atoms with van der Waals surface area (Å²) in [5.41, 5.74) is 1.46. The molecule has 0 aliphatic carbocycles. The number of fused-ring (bicyclic) bond motifs is 1. The number of carbonyl (C=O) groups is 3. The van der Waals surface area contributed by atoms with E-state index in [-0.39, 0.29) is 24.0 Å². The number of anilines is 1. The number of aromatic carboxylic acids is 1. The lowest BCUT2D eigenvalue weighted by molar-refractivity contribution is -0.130. The molecule has 2 aromatic carbocycles. The van der Waals surface area contributed by atoms with Crippen molar-refractivity contribution in [2.24, 2.45) is 0 Å². The van der Waals surface area contributed by atoms with Crippen molar-refractivity contribution in [2.45, 2.75) is 12.8 Å². The second-order valence-electron chi connectivity index (χ2n) is 6.15. The molecule has 0 saturated heterocycles. The van der Waals surface area contributed by atoms with E-state index in [0.717, 1.165) is 12.1 Å². The van der Waals surface area contributed by atoms with E-state index in [0.29, 0.717) is 30.8 Å². The zero-order valence-electron chi connectivity index (χ0n) is 14.7. The van der Waals surface area contributed by atoms with Gasteiger partial charge in [-0.25, -0.2) is 4.79 Å². The molecule has 2 aromatic rings. The number of para-hydroxylation sites is 1. The van der Waals surface area contributed by atoms with E-state index in [1.807, 2.05) is 0 Å². The summed E-state index contributed by atoms with van der Waals surface area (Å²) >= 11 is 0. The van der Waals surface area contributed by atoms with Crippen molar-refractivity contribution in [2.75, 3.05) is 25.0 Å². The van der Waals surface area contributed by atoms with Crippen LogP contribution in [0.3, 0.4) is 0 Å². The highest BCUT2D eigenvalue weighted by molar-refractivity contribution is 6.07. The number of rotatable bonds is 7. The van der Waals surface area contributed by atoms with Crippen LogP contribution in [0.2, 0.25) is 0 Å². The highest BCUT2D eigenvalue weighted by Gasteiger charge is 2.28. The van der Waals surface area contributed by atoms with Crippen LogP contribution in [-0.4, -0.2) is 47.5 Å². The average molecular weight is 368 g/mol. The Hall–Kier alpha value is -3.35. The van der Waals surface area contributed by atoms with Crippen molar-refractivity contribution in [1.82, 2.24) is 4.90 Å². The Morgan fingerprint density at radius 2 is 1.81 bits per heavy atom. The van der Waals surface area contributed by atoms with Crippen molar-refractivity contribution >= 4 is 23.5 Å². The number of unbranched alkanes of at least 4 members (excludes halogenated alkanes) is 1. The smallest absolute Gasteiger partial charge is 0.335 e.